The molecule has 0 aliphatic carbocycles. The molecule has 2 aliphatic heterocycles. The Hall–Kier alpha value is -2.83. The molecule has 12 unspecified atom stereocenters. The van der Waals surface area contributed by atoms with Crippen molar-refractivity contribution in [1.82, 2.24) is 5.32 Å². The Balaban J connectivity index is 1.53. The molecule has 9 N–H and O–H groups in total. The van der Waals surface area contributed by atoms with Gasteiger partial charge in [-0.1, -0.05) is 253 Å². The van der Waals surface area contributed by atoms with Gasteiger partial charge in [0.15, 0.2) is 12.6 Å². The van der Waals surface area contributed by atoms with Crippen LogP contribution in [-0.4, -0.2) is 140 Å². The second-order valence-electron chi connectivity index (χ2n) is 23.2. The first-order valence-electron chi connectivity index (χ1n) is 33.3. The normalized spacial score (nSPS) is 24.4. The summed E-state index contributed by atoms with van der Waals surface area (Å²) in [4.78, 5) is 13.2. The van der Waals surface area contributed by atoms with E-state index in [1.54, 1.807) is 6.08 Å². The van der Waals surface area contributed by atoms with E-state index in [1.165, 1.54) is 148 Å². The summed E-state index contributed by atoms with van der Waals surface area (Å²) < 4.78 is 22.7. The highest BCUT2D eigenvalue weighted by Gasteiger charge is 2.51. The number of aliphatic hydroxyl groups is 8. The van der Waals surface area contributed by atoms with E-state index in [0.717, 1.165) is 70.6 Å². The van der Waals surface area contributed by atoms with Crippen LogP contribution in [0.1, 0.15) is 251 Å². The Morgan fingerprint density at radius 3 is 1.28 bits per heavy atom. The molecule has 14 heteroatoms. The predicted molar refractivity (Wildman–Crippen MR) is 336 cm³/mol. The molecule has 2 aliphatic rings. The van der Waals surface area contributed by atoms with Crippen molar-refractivity contribution in [3.05, 3.63) is 85.1 Å². The second-order valence-corrected chi connectivity index (χ2v) is 23.2. The third kappa shape index (κ3) is 38.1. The average molecular weight is 1170 g/mol. The third-order valence-corrected chi connectivity index (χ3v) is 15.8. The molecule has 480 valence electrons. The molecule has 14 nitrogen and oxygen atoms in total. The first-order valence-corrected chi connectivity index (χ1v) is 33.3. The fourth-order valence-electron chi connectivity index (χ4n) is 10.6. The molecule has 2 rings (SSSR count). The molecule has 0 radical (unpaired) electrons. The number of ether oxygens (including phenoxy) is 4. The smallest absolute Gasteiger partial charge is 0.220 e. The van der Waals surface area contributed by atoms with Crippen LogP contribution >= 0.6 is 0 Å². The van der Waals surface area contributed by atoms with Gasteiger partial charge < -0.3 is 65.1 Å². The third-order valence-electron chi connectivity index (χ3n) is 15.8. The summed E-state index contributed by atoms with van der Waals surface area (Å²) in [5.74, 6) is -0.254. The lowest BCUT2D eigenvalue weighted by Crippen LogP contribution is -2.65. The molecule has 0 saturated carbocycles. The number of rotatable bonds is 53. The summed E-state index contributed by atoms with van der Waals surface area (Å²) in [5.41, 5.74) is 0. The summed E-state index contributed by atoms with van der Waals surface area (Å²) in [6, 6.07) is -0.937. The zero-order valence-electron chi connectivity index (χ0n) is 51.9. The van der Waals surface area contributed by atoms with Gasteiger partial charge in [0.05, 0.1) is 32.0 Å². The standard InChI is InChI=1S/C69H121NO13/c1-3-5-7-9-11-13-15-16-17-18-19-20-21-22-23-24-25-26-27-28-29-30-31-32-33-34-35-36-37-38-39-40-41-42-43-45-47-49-51-53-61(74)70-57(58(73)52-50-48-46-44-14-12-10-8-6-4-2)56-80-68-66(79)64(77)67(60(55-72)82-68)83-69-65(78)63(76)62(75)59(54-71)81-69/h5-8,11,13-14,16-17,19-20,44,50,52,57-60,62-69,71-73,75-79H,3-4,9-10,12,15,18,21-43,45-49,51,53-56H2,1-2H3,(H,70,74)/b7-5-,8-6+,13-11-,17-16-,20-19-,44-14+,52-50+. The number of unbranched alkanes of at least 4 members (excludes halogenated alkanes) is 28. The maximum atomic E-state index is 13.2. The van der Waals surface area contributed by atoms with Gasteiger partial charge in [-0.2, -0.15) is 0 Å². The Morgan fingerprint density at radius 2 is 0.807 bits per heavy atom. The zero-order valence-corrected chi connectivity index (χ0v) is 51.9. The van der Waals surface area contributed by atoms with Crippen LogP contribution in [0.3, 0.4) is 0 Å². The van der Waals surface area contributed by atoms with Gasteiger partial charge in [-0.3, -0.25) is 4.79 Å². The largest absolute Gasteiger partial charge is 0.394 e. The van der Waals surface area contributed by atoms with Crippen molar-refractivity contribution in [2.75, 3.05) is 19.8 Å². The zero-order chi connectivity index (χ0) is 60.2. The Morgan fingerprint density at radius 1 is 0.434 bits per heavy atom. The van der Waals surface area contributed by atoms with Gasteiger partial charge in [0.2, 0.25) is 5.91 Å². The van der Waals surface area contributed by atoms with Crippen LogP contribution in [0.15, 0.2) is 85.1 Å². The van der Waals surface area contributed by atoms with Crippen molar-refractivity contribution in [3.63, 3.8) is 0 Å². The van der Waals surface area contributed by atoms with Crippen LogP contribution in [0.2, 0.25) is 0 Å². The average Bonchev–Trinajstić information content (AvgIpc) is 3.47. The van der Waals surface area contributed by atoms with E-state index in [9.17, 15) is 45.6 Å². The van der Waals surface area contributed by atoms with Crippen LogP contribution in [0, 0.1) is 0 Å². The van der Waals surface area contributed by atoms with E-state index in [1.807, 2.05) is 6.08 Å². The molecule has 1 amide bonds. The van der Waals surface area contributed by atoms with Crippen molar-refractivity contribution in [1.29, 1.82) is 0 Å². The number of carbonyl (C=O) groups is 1. The van der Waals surface area contributed by atoms with Crippen molar-refractivity contribution in [3.8, 4) is 0 Å². The minimum absolute atomic E-state index is 0.254. The molecule has 2 saturated heterocycles. The van der Waals surface area contributed by atoms with Gasteiger partial charge in [0.25, 0.3) is 0 Å². The highest BCUT2D eigenvalue weighted by Crippen LogP contribution is 2.30. The number of allylic oxidation sites excluding steroid dienone is 13. The Kier molecular flexibility index (Phi) is 49.1. The van der Waals surface area contributed by atoms with Crippen molar-refractivity contribution >= 4 is 5.91 Å². The number of carbonyl (C=O) groups excluding carboxylic acids is 1. The lowest BCUT2D eigenvalue weighted by molar-refractivity contribution is -0.359. The summed E-state index contributed by atoms with van der Waals surface area (Å²) in [6.45, 7) is 2.53. The molecule has 0 aromatic carbocycles. The number of nitrogens with one attached hydrogen (secondary N) is 1. The minimum Gasteiger partial charge on any atom is -0.394 e. The molecule has 83 heavy (non-hydrogen) atoms. The molecular formula is C69H121NO13. The summed E-state index contributed by atoms with van der Waals surface area (Å²) in [7, 11) is 0. The lowest BCUT2D eigenvalue weighted by Gasteiger charge is -2.46. The summed E-state index contributed by atoms with van der Waals surface area (Å²) in [5, 5.41) is 86.9. The fraction of sp³-hybridized carbons (Fsp3) is 0.783. The van der Waals surface area contributed by atoms with Gasteiger partial charge in [-0.25, -0.2) is 0 Å². The first-order chi connectivity index (χ1) is 40.6. The Bertz CT molecular complexity index is 1710. The van der Waals surface area contributed by atoms with Crippen molar-refractivity contribution in [2.45, 2.75) is 325 Å². The van der Waals surface area contributed by atoms with Gasteiger partial charge in [0.1, 0.15) is 48.8 Å². The summed E-state index contributed by atoms with van der Waals surface area (Å²) in [6.07, 6.45) is 57.0. The molecule has 0 aromatic rings. The molecule has 0 spiro atoms. The van der Waals surface area contributed by atoms with Crippen LogP contribution < -0.4 is 5.32 Å². The van der Waals surface area contributed by atoms with Gasteiger partial charge in [0, 0.05) is 6.42 Å². The monoisotopic (exact) mass is 1170 g/mol. The molecule has 12 atom stereocenters. The van der Waals surface area contributed by atoms with Crippen molar-refractivity contribution in [2.24, 2.45) is 0 Å². The molecule has 2 fully saturated rings. The second kappa shape index (κ2) is 53.4. The minimum atomic E-state index is -1.79. The number of hydrogen-bond acceptors (Lipinski definition) is 13. The van der Waals surface area contributed by atoms with E-state index in [0.29, 0.717) is 12.8 Å². The maximum absolute atomic E-state index is 13.2. The number of hydrogen-bond donors (Lipinski definition) is 9. The highest BCUT2D eigenvalue weighted by molar-refractivity contribution is 5.76. The van der Waals surface area contributed by atoms with E-state index in [-0.39, 0.29) is 18.9 Å². The Labute approximate surface area is 503 Å². The van der Waals surface area contributed by atoms with Gasteiger partial charge in [-0.15, -0.1) is 0 Å². The fourth-order valence-corrected chi connectivity index (χ4v) is 10.6. The molecule has 2 heterocycles. The molecule has 0 aromatic heterocycles. The van der Waals surface area contributed by atoms with E-state index in [4.69, 9.17) is 18.9 Å². The first kappa shape index (κ1) is 76.3. The van der Waals surface area contributed by atoms with E-state index < -0.39 is 86.8 Å². The summed E-state index contributed by atoms with van der Waals surface area (Å²) >= 11 is 0. The quantitative estimate of drug-likeness (QED) is 0.0204. The van der Waals surface area contributed by atoms with Crippen molar-refractivity contribution < 1.29 is 64.6 Å². The highest BCUT2D eigenvalue weighted by atomic mass is 16.7. The van der Waals surface area contributed by atoms with Crippen LogP contribution in [0.25, 0.3) is 0 Å². The molecular weight excluding hydrogens is 1050 g/mol. The molecule has 0 bridgehead atoms. The van der Waals surface area contributed by atoms with Crippen LogP contribution in [0.5, 0.6) is 0 Å². The van der Waals surface area contributed by atoms with E-state index in [2.05, 4.69) is 92.1 Å². The van der Waals surface area contributed by atoms with Crippen LogP contribution in [-0.2, 0) is 23.7 Å². The SMILES string of the molecule is CC/C=C\C/C=C\C/C=C\C/C=C\CCCCCCCCCCCCCCCCCCCCCCCCCCCCC(=O)NC(COC1OC(CO)C(OC2OC(CO)C(O)C(O)C2O)C(O)C1O)C(O)/C=C/CC/C=C/CC/C=C/CC. The lowest BCUT2D eigenvalue weighted by atomic mass is 9.97. The maximum Gasteiger partial charge on any atom is 0.220 e. The van der Waals surface area contributed by atoms with Crippen LogP contribution in [0.4, 0.5) is 0 Å². The predicted octanol–water partition coefficient (Wildman–Crippen LogP) is 12.8. The topological polar surface area (TPSA) is 228 Å². The van der Waals surface area contributed by atoms with E-state index >= 15 is 0 Å². The number of amides is 1. The van der Waals surface area contributed by atoms with Gasteiger partial charge in [-0.05, 0) is 77.0 Å². The van der Waals surface area contributed by atoms with Gasteiger partial charge >= 0.3 is 0 Å². The number of aliphatic hydroxyl groups excluding tert-OH is 8.